The first-order valence-corrected chi connectivity index (χ1v) is 17.0. The average Bonchev–Trinajstić information content (AvgIpc) is 3.57. The zero-order valence-corrected chi connectivity index (χ0v) is 27.5. The zero-order chi connectivity index (χ0) is 29.8. The molecule has 2 nitrogen and oxygen atoms in total. The second kappa shape index (κ2) is 11.2. The standard InChI is InChI=1S/C39H53BN2/c1-8-30-19-31-18-27(5)22-39(23-30,24-31)34-15-13-32(41-34)37(36-28(6)11-10-12-29(36)7)33-14-16-35(42(33)40)38(9-2)20-25(3)17-26(4)21-38/h10-16,26-27,30-31H,3,8-9,17-24,40H2,1-2,4-7H3/b37-32+. The van der Waals surface area contributed by atoms with E-state index in [0.29, 0.717) is 5.92 Å². The summed E-state index contributed by atoms with van der Waals surface area (Å²) in [6.45, 7) is 18.7. The van der Waals surface area contributed by atoms with Gasteiger partial charge in [0, 0.05) is 33.5 Å². The molecule has 1 aromatic carbocycles. The van der Waals surface area contributed by atoms with E-state index in [4.69, 9.17) is 4.99 Å². The van der Waals surface area contributed by atoms with Crippen LogP contribution in [0.3, 0.4) is 0 Å². The first kappa shape index (κ1) is 29.5. The molecule has 3 fully saturated rings. The summed E-state index contributed by atoms with van der Waals surface area (Å²) >= 11 is 0. The molecule has 0 saturated heterocycles. The summed E-state index contributed by atoms with van der Waals surface area (Å²) in [5.74, 6) is 3.17. The van der Waals surface area contributed by atoms with E-state index in [1.165, 1.54) is 96.3 Å². The van der Waals surface area contributed by atoms with Gasteiger partial charge in [0.25, 0.3) is 0 Å². The van der Waals surface area contributed by atoms with Gasteiger partial charge in [-0.3, -0.25) is 4.99 Å². The van der Waals surface area contributed by atoms with Gasteiger partial charge < -0.3 is 4.48 Å². The number of allylic oxidation sites excluding steroid dienone is 3. The number of aromatic nitrogens is 1. The molecule has 2 heterocycles. The lowest BCUT2D eigenvalue weighted by Gasteiger charge is -2.50. The van der Waals surface area contributed by atoms with Crippen LogP contribution >= 0.6 is 0 Å². The zero-order valence-electron chi connectivity index (χ0n) is 27.5. The molecule has 6 unspecified atom stereocenters. The van der Waals surface area contributed by atoms with Crippen molar-refractivity contribution >= 4 is 19.3 Å². The fourth-order valence-electron chi connectivity index (χ4n) is 10.3. The van der Waals surface area contributed by atoms with Crippen molar-refractivity contribution in [3.63, 3.8) is 0 Å². The van der Waals surface area contributed by atoms with Gasteiger partial charge in [-0.15, -0.1) is 0 Å². The Hall–Kier alpha value is -2.55. The van der Waals surface area contributed by atoms with Crippen LogP contribution in [-0.4, -0.2) is 18.2 Å². The highest BCUT2D eigenvalue weighted by molar-refractivity contribution is 6.10. The third-order valence-electron chi connectivity index (χ3n) is 11.8. The molecule has 6 atom stereocenters. The number of hydrogen-bond donors (Lipinski definition) is 0. The molecule has 6 rings (SSSR count). The quantitative estimate of drug-likeness (QED) is 0.247. The molecule has 4 aliphatic rings. The summed E-state index contributed by atoms with van der Waals surface area (Å²) in [4.78, 5) is 5.64. The maximum atomic E-state index is 5.64. The largest absolute Gasteiger partial charge is 0.396 e. The van der Waals surface area contributed by atoms with E-state index in [2.05, 4.69) is 103 Å². The van der Waals surface area contributed by atoms with E-state index >= 15 is 0 Å². The summed E-state index contributed by atoms with van der Waals surface area (Å²) in [6.07, 6.45) is 17.5. The number of benzene rings is 1. The molecule has 0 N–H and O–H groups in total. The molecule has 1 aliphatic heterocycles. The highest BCUT2D eigenvalue weighted by Gasteiger charge is 2.48. The molecule has 0 radical (unpaired) electrons. The van der Waals surface area contributed by atoms with Gasteiger partial charge >= 0.3 is 0 Å². The van der Waals surface area contributed by atoms with Gasteiger partial charge in [0.2, 0.25) is 7.98 Å². The fraction of sp³-hybridized carbons (Fsp3) is 0.564. The highest BCUT2D eigenvalue weighted by atomic mass is 14.9. The summed E-state index contributed by atoms with van der Waals surface area (Å²) in [5, 5.41) is 0. The van der Waals surface area contributed by atoms with Crippen LogP contribution in [0.25, 0.3) is 5.57 Å². The predicted octanol–water partition coefficient (Wildman–Crippen LogP) is 9.54. The Labute approximate surface area is 256 Å². The van der Waals surface area contributed by atoms with Gasteiger partial charge in [-0.1, -0.05) is 64.5 Å². The van der Waals surface area contributed by atoms with Gasteiger partial charge in [0.05, 0.1) is 5.70 Å². The monoisotopic (exact) mass is 560 g/mol. The Morgan fingerprint density at radius 3 is 2.43 bits per heavy atom. The smallest absolute Gasteiger partial charge is 0.223 e. The van der Waals surface area contributed by atoms with E-state index < -0.39 is 0 Å². The van der Waals surface area contributed by atoms with E-state index in [0.717, 1.165) is 36.3 Å². The van der Waals surface area contributed by atoms with Crippen LogP contribution in [-0.2, 0) is 5.41 Å². The van der Waals surface area contributed by atoms with E-state index in [1.807, 2.05) is 0 Å². The predicted molar refractivity (Wildman–Crippen MR) is 183 cm³/mol. The van der Waals surface area contributed by atoms with Crippen LogP contribution < -0.4 is 0 Å². The SMILES string of the molecule is Bn1c(/C(=C2/C=CC(C34CC(C)CC(CC(CC)C3)C4)=N2)c2c(C)cccc2C)ccc1C1(CC)CC(=C)CC(C)C1. The van der Waals surface area contributed by atoms with Gasteiger partial charge in [0.1, 0.15) is 0 Å². The van der Waals surface area contributed by atoms with Crippen molar-refractivity contribution in [1.29, 1.82) is 0 Å². The molecule has 2 aromatic rings. The van der Waals surface area contributed by atoms with Gasteiger partial charge in [0.15, 0.2) is 0 Å². The van der Waals surface area contributed by atoms with E-state index in [9.17, 15) is 0 Å². The summed E-state index contributed by atoms with van der Waals surface area (Å²) in [7, 11) is 2.31. The van der Waals surface area contributed by atoms with Crippen molar-refractivity contribution in [2.24, 2.45) is 34.1 Å². The second-order valence-electron chi connectivity index (χ2n) is 15.2. The molecule has 2 bridgehead atoms. The van der Waals surface area contributed by atoms with Crippen molar-refractivity contribution in [1.82, 2.24) is 4.48 Å². The lowest BCUT2D eigenvalue weighted by atomic mass is 9.54. The molecule has 1 aromatic heterocycles. The Bertz CT molecular complexity index is 1440. The van der Waals surface area contributed by atoms with Crippen LogP contribution in [0.2, 0.25) is 0 Å². The van der Waals surface area contributed by atoms with Crippen LogP contribution in [0.1, 0.15) is 120 Å². The molecule has 222 valence electrons. The van der Waals surface area contributed by atoms with Gasteiger partial charge in [-0.25, -0.2) is 0 Å². The number of hydrogen-bond acceptors (Lipinski definition) is 1. The molecular formula is C39H53BN2. The summed E-state index contributed by atoms with van der Waals surface area (Å²) in [6, 6.07) is 11.6. The number of aliphatic imine (C=N–C) groups is 1. The number of fused-ring (bicyclic) bond motifs is 2. The van der Waals surface area contributed by atoms with Crippen molar-refractivity contribution in [3.05, 3.63) is 88.4 Å². The molecule has 3 heteroatoms. The molecule has 0 amide bonds. The number of rotatable bonds is 6. The average molecular weight is 561 g/mol. The minimum Gasteiger partial charge on any atom is -0.396 e. The van der Waals surface area contributed by atoms with Gasteiger partial charge in [-0.05, 0) is 136 Å². The van der Waals surface area contributed by atoms with Crippen LogP contribution in [0.5, 0.6) is 0 Å². The summed E-state index contributed by atoms with van der Waals surface area (Å²) in [5.41, 5.74) is 12.4. The summed E-state index contributed by atoms with van der Waals surface area (Å²) < 4.78 is 2.52. The Kier molecular flexibility index (Phi) is 7.86. The molecule has 3 saturated carbocycles. The first-order valence-electron chi connectivity index (χ1n) is 17.0. The number of aryl methyl sites for hydroxylation is 2. The van der Waals surface area contributed by atoms with Gasteiger partial charge in [-0.2, -0.15) is 0 Å². The molecule has 42 heavy (non-hydrogen) atoms. The third-order valence-corrected chi connectivity index (χ3v) is 11.8. The number of nitrogens with zero attached hydrogens (tertiary/aromatic N) is 2. The topological polar surface area (TPSA) is 17.3 Å². The van der Waals surface area contributed by atoms with Crippen molar-refractivity contribution in [3.8, 4) is 0 Å². The minimum absolute atomic E-state index is 0.154. The minimum atomic E-state index is 0.154. The molecule has 0 spiro atoms. The fourth-order valence-corrected chi connectivity index (χ4v) is 10.3. The molecular weight excluding hydrogens is 507 g/mol. The van der Waals surface area contributed by atoms with Crippen molar-refractivity contribution in [2.75, 3.05) is 0 Å². The highest BCUT2D eigenvalue weighted by Crippen LogP contribution is 2.55. The Balaban J connectivity index is 1.51. The van der Waals surface area contributed by atoms with Crippen molar-refractivity contribution < 1.29 is 0 Å². The van der Waals surface area contributed by atoms with Crippen LogP contribution in [0, 0.1) is 42.9 Å². The second-order valence-corrected chi connectivity index (χ2v) is 15.2. The maximum absolute atomic E-state index is 5.64. The van der Waals surface area contributed by atoms with Crippen molar-refractivity contribution in [2.45, 2.75) is 111 Å². The normalized spacial score (nSPS) is 34.0. The van der Waals surface area contributed by atoms with Crippen LogP contribution in [0.4, 0.5) is 0 Å². The Morgan fingerprint density at radius 1 is 0.976 bits per heavy atom. The van der Waals surface area contributed by atoms with Crippen LogP contribution in [0.15, 0.2) is 65.3 Å². The molecule has 3 aliphatic carbocycles. The van der Waals surface area contributed by atoms with E-state index in [1.54, 1.807) is 0 Å². The maximum Gasteiger partial charge on any atom is 0.223 e. The Morgan fingerprint density at radius 2 is 1.74 bits per heavy atom. The third kappa shape index (κ3) is 5.03. The lowest BCUT2D eigenvalue weighted by Crippen LogP contribution is -2.44. The first-order chi connectivity index (χ1) is 20.1. The van der Waals surface area contributed by atoms with E-state index in [-0.39, 0.29) is 10.8 Å². The lowest BCUT2D eigenvalue weighted by molar-refractivity contribution is 0.0633.